The minimum absolute atomic E-state index is 0.100. The lowest BCUT2D eigenvalue weighted by Crippen LogP contribution is -2.42. The lowest BCUT2D eigenvalue weighted by molar-refractivity contribution is -0.128. The average Bonchev–Trinajstić information content (AvgIpc) is 3.15. The van der Waals surface area contributed by atoms with Crippen molar-refractivity contribution in [3.63, 3.8) is 0 Å². The van der Waals surface area contributed by atoms with Crippen LogP contribution in [0.3, 0.4) is 0 Å². The SMILES string of the molecule is COc1ccc(C(=O)[C@H]2CCCN(C(=O)C3=CCCC3)C2)c(C)c1. The maximum atomic E-state index is 12.9. The Labute approximate surface area is 143 Å². The number of Topliss-reactive ketones (excluding diaryl/α,β-unsaturated/α-hetero) is 1. The number of likely N-dealkylation sites (tertiary alicyclic amines) is 1. The molecule has 0 spiro atoms. The summed E-state index contributed by atoms with van der Waals surface area (Å²) in [7, 11) is 1.62. The minimum atomic E-state index is -0.100. The van der Waals surface area contributed by atoms with Gasteiger partial charge >= 0.3 is 0 Å². The highest BCUT2D eigenvalue weighted by Crippen LogP contribution is 2.27. The van der Waals surface area contributed by atoms with E-state index in [1.807, 2.05) is 30.0 Å². The fourth-order valence-electron chi connectivity index (χ4n) is 3.70. The summed E-state index contributed by atoms with van der Waals surface area (Å²) >= 11 is 0. The van der Waals surface area contributed by atoms with Crippen molar-refractivity contribution < 1.29 is 14.3 Å². The third kappa shape index (κ3) is 3.37. The van der Waals surface area contributed by atoms with Crippen LogP contribution in [0.1, 0.15) is 48.0 Å². The number of ketones is 1. The van der Waals surface area contributed by atoms with E-state index in [4.69, 9.17) is 4.74 Å². The Kier molecular flexibility index (Phi) is 5.03. The van der Waals surface area contributed by atoms with Crippen molar-refractivity contribution in [1.29, 1.82) is 0 Å². The van der Waals surface area contributed by atoms with Gasteiger partial charge in [-0.2, -0.15) is 0 Å². The van der Waals surface area contributed by atoms with Crippen molar-refractivity contribution in [3.05, 3.63) is 41.0 Å². The first-order valence-corrected chi connectivity index (χ1v) is 8.77. The predicted octanol–water partition coefficient (Wildman–Crippen LogP) is 3.54. The van der Waals surface area contributed by atoms with Crippen LogP contribution < -0.4 is 4.74 Å². The van der Waals surface area contributed by atoms with Crippen LogP contribution in [-0.4, -0.2) is 36.8 Å². The van der Waals surface area contributed by atoms with Gasteiger partial charge < -0.3 is 9.64 Å². The van der Waals surface area contributed by atoms with Crippen LogP contribution in [0, 0.1) is 12.8 Å². The lowest BCUT2D eigenvalue weighted by Gasteiger charge is -2.32. The Hall–Kier alpha value is -2.10. The van der Waals surface area contributed by atoms with Gasteiger partial charge in [0.25, 0.3) is 0 Å². The Morgan fingerprint density at radius 1 is 1.25 bits per heavy atom. The molecule has 0 radical (unpaired) electrons. The highest BCUT2D eigenvalue weighted by Gasteiger charge is 2.31. The number of aryl methyl sites for hydroxylation is 1. The van der Waals surface area contributed by atoms with E-state index in [-0.39, 0.29) is 17.6 Å². The molecule has 0 aromatic heterocycles. The van der Waals surface area contributed by atoms with Crippen LogP contribution in [-0.2, 0) is 4.79 Å². The molecule has 24 heavy (non-hydrogen) atoms. The fourth-order valence-corrected chi connectivity index (χ4v) is 3.70. The topological polar surface area (TPSA) is 46.6 Å². The Balaban J connectivity index is 1.72. The number of nitrogens with zero attached hydrogens (tertiary/aromatic N) is 1. The lowest BCUT2D eigenvalue weighted by atomic mass is 9.88. The van der Waals surface area contributed by atoms with Gasteiger partial charge in [0.2, 0.25) is 5.91 Å². The van der Waals surface area contributed by atoms with E-state index in [0.717, 1.165) is 61.1 Å². The molecule has 0 saturated carbocycles. The summed E-state index contributed by atoms with van der Waals surface area (Å²) in [5.41, 5.74) is 2.61. The first-order chi connectivity index (χ1) is 11.6. The molecule has 1 amide bonds. The fraction of sp³-hybridized carbons (Fsp3) is 0.500. The molecule has 128 valence electrons. The highest BCUT2D eigenvalue weighted by molar-refractivity contribution is 6.00. The van der Waals surface area contributed by atoms with Crippen molar-refractivity contribution in [2.75, 3.05) is 20.2 Å². The number of hydrogen-bond donors (Lipinski definition) is 0. The molecule has 0 bridgehead atoms. The van der Waals surface area contributed by atoms with Gasteiger partial charge in [0, 0.05) is 30.1 Å². The van der Waals surface area contributed by atoms with Gasteiger partial charge in [0.1, 0.15) is 5.75 Å². The zero-order chi connectivity index (χ0) is 17.1. The Morgan fingerprint density at radius 2 is 2.08 bits per heavy atom. The summed E-state index contributed by atoms with van der Waals surface area (Å²) in [6.07, 6.45) is 6.76. The van der Waals surface area contributed by atoms with Gasteiger partial charge in [-0.1, -0.05) is 6.08 Å². The van der Waals surface area contributed by atoms with Crippen LogP contribution in [0.2, 0.25) is 0 Å². The number of carbonyl (C=O) groups is 2. The molecule has 1 fully saturated rings. The van der Waals surface area contributed by atoms with E-state index in [0.29, 0.717) is 6.54 Å². The Bertz CT molecular complexity index is 677. The van der Waals surface area contributed by atoms with E-state index >= 15 is 0 Å². The van der Waals surface area contributed by atoms with Crippen LogP contribution in [0.25, 0.3) is 0 Å². The number of ether oxygens (including phenoxy) is 1. The third-order valence-electron chi connectivity index (χ3n) is 5.09. The van der Waals surface area contributed by atoms with Gasteiger partial charge in [-0.3, -0.25) is 9.59 Å². The molecule has 4 nitrogen and oxygen atoms in total. The molecule has 4 heteroatoms. The van der Waals surface area contributed by atoms with Crippen molar-refractivity contribution in [1.82, 2.24) is 4.90 Å². The molecule has 1 atom stereocenters. The van der Waals surface area contributed by atoms with Crippen molar-refractivity contribution >= 4 is 11.7 Å². The first-order valence-electron chi connectivity index (χ1n) is 8.77. The van der Waals surface area contributed by atoms with Crippen molar-refractivity contribution in [2.45, 2.75) is 39.0 Å². The highest BCUT2D eigenvalue weighted by atomic mass is 16.5. The number of benzene rings is 1. The summed E-state index contributed by atoms with van der Waals surface area (Å²) < 4.78 is 5.21. The van der Waals surface area contributed by atoms with E-state index in [1.165, 1.54) is 0 Å². The number of carbonyl (C=O) groups excluding carboxylic acids is 2. The molecule has 2 aliphatic rings. The molecule has 1 aromatic carbocycles. The number of allylic oxidation sites excluding steroid dienone is 1. The van der Waals surface area contributed by atoms with E-state index in [1.54, 1.807) is 7.11 Å². The third-order valence-corrected chi connectivity index (χ3v) is 5.09. The van der Waals surface area contributed by atoms with Crippen LogP contribution >= 0.6 is 0 Å². The van der Waals surface area contributed by atoms with Crippen LogP contribution in [0.5, 0.6) is 5.75 Å². The van der Waals surface area contributed by atoms with Gasteiger partial charge in [0.15, 0.2) is 5.78 Å². The van der Waals surface area contributed by atoms with Gasteiger partial charge in [0.05, 0.1) is 7.11 Å². The average molecular weight is 327 g/mol. The molecular formula is C20H25NO3. The first kappa shape index (κ1) is 16.7. The number of piperidine rings is 1. The molecule has 1 aliphatic heterocycles. The molecule has 0 N–H and O–H groups in total. The molecule has 0 unspecified atom stereocenters. The van der Waals surface area contributed by atoms with Crippen molar-refractivity contribution in [2.24, 2.45) is 5.92 Å². The second kappa shape index (κ2) is 7.20. The number of rotatable bonds is 4. The smallest absolute Gasteiger partial charge is 0.249 e. The number of hydrogen-bond acceptors (Lipinski definition) is 3. The monoisotopic (exact) mass is 327 g/mol. The normalized spacial score (nSPS) is 20.7. The summed E-state index contributed by atoms with van der Waals surface area (Å²) in [4.78, 5) is 27.4. The summed E-state index contributed by atoms with van der Waals surface area (Å²) in [5.74, 6) is 0.943. The maximum Gasteiger partial charge on any atom is 0.249 e. The molecule has 3 rings (SSSR count). The summed E-state index contributed by atoms with van der Waals surface area (Å²) in [5, 5.41) is 0. The zero-order valence-electron chi connectivity index (χ0n) is 14.5. The molecular weight excluding hydrogens is 302 g/mol. The van der Waals surface area contributed by atoms with Gasteiger partial charge in [-0.15, -0.1) is 0 Å². The standard InChI is InChI=1S/C20H25NO3/c1-14-12-17(24-2)9-10-18(14)19(22)16-8-5-11-21(13-16)20(23)15-6-3-4-7-15/h6,9-10,12,16H,3-5,7-8,11,13H2,1-2H3/t16-/m0/s1. The Morgan fingerprint density at radius 3 is 2.75 bits per heavy atom. The van der Waals surface area contributed by atoms with Crippen molar-refractivity contribution in [3.8, 4) is 5.75 Å². The maximum absolute atomic E-state index is 12.9. The number of methoxy groups -OCH3 is 1. The molecule has 1 saturated heterocycles. The summed E-state index contributed by atoms with van der Waals surface area (Å²) in [6, 6.07) is 5.56. The molecule has 1 aromatic rings. The van der Waals surface area contributed by atoms with Crippen LogP contribution in [0.4, 0.5) is 0 Å². The predicted molar refractivity (Wildman–Crippen MR) is 93.3 cm³/mol. The largest absolute Gasteiger partial charge is 0.497 e. The second-order valence-corrected chi connectivity index (χ2v) is 6.76. The van der Waals surface area contributed by atoms with Gasteiger partial charge in [-0.25, -0.2) is 0 Å². The molecule has 1 heterocycles. The summed E-state index contributed by atoms with van der Waals surface area (Å²) in [6.45, 7) is 3.24. The van der Waals surface area contributed by atoms with E-state index in [2.05, 4.69) is 6.08 Å². The zero-order valence-corrected chi connectivity index (χ0v) is 14.5. The van der Waals surface area contributed by atoms with E-state index < -0.39 is 0 Å². The molecule has 1 aliphatic carbocycles. The second-order valence-electron chi connectivity index (χ2n) is 6.76. The van der Waals surface area contributed by atoms with Crippen LogP contribution in [0.15, 0.2) is 29.8 Å². The van der Waals surface area contributed by atoms with E-state index in [9.17, 15) is 9.59 Å². The van der Waals surface area contributed by atoms with Gasteiger partial charge in [-0.05, 0) is 62.8 Å². The minimum Gasteiger partial charge on any atom is -0.497 e. The quantitative estimate of drug-likeness (QED) is 0.795. The number of amides is 1.